The second-order valence-corrected chi connectivity index (χ2v) is 1.71. The van der Waals surface area contributed by atoms with E-state index in [0.717, 1.165) is 12.3 Å². The van der Waals surface area contributed by atoms with Gasteiger partial charge in [-0.15, -0.1) is 0 Å². The molecule has 5 heteroatoms. The topological polar surface area (TPSA) is 12.9 Å². The number of halogens is 3. The van der Waals surface area contributed by atoms with Gasteiger partial charge in [-0.2, -0.15) is 13.2 Å². The molecule has 58 valence electrons. The molecule has 1 aromatic heterocycles. The zero-order chi connectivity index (χ0) is 7.61. The van der Waals surface area contributed by atoms with Crippen molar-refractivity contribution in [3.8, 4) is 0 Å². The number of pyridine rings is 1. The quantitative estimate of drug-likeness (QED) is 0.651. The van der Waals surface area contributed by atoms with Crippen LogP contribution < -0.4 is 0 Å². The van der Waals surface area contributed by atoms with Crippen LogP contribution in [-0.4, -0.2) is 28.9 Å². The van der Waals surface area contributed by atoms with Crippen LogP contribution in [0.1, 0.15) is 5.69 Å². The molecule has 0 aliphatic rings. The van der Waals surface area contributed by atoms with E-state index in [1.165, 1.54) is 12.1 Å². The third-order valence-electron chi connectivity index (χ3n) is 0.955. The molecular weight excluding hydrogens is 262 g/mol. The van der Waals surface area contributed by atoms with Crippen LogP contribution in [0.15, 0.2) is 24.4 Å². The molecule has 0 N–H and O–H groups in total. The van der Waals surface area contributed by atoms with E-state index in [-0.39, 0.29) is 23.9 Å². The maximum Gasteiger partial charge on any atom is 0.433 e. The second-order valence-electron chi connectivity index (χ2n) is 1.71. The first kappa shape index (κ1) is 10.7. The van der Waals surface area contributed by atoms with Crippen LogP contribution in [0.5, 0.6) is 0 Å². The van der Waals surface area contributed by atoms with Gasteiger partial charge in [0.1, 0.15) is 5.69 Å². The minimum Gasteiger partial charge on any atom is -0.252 e. The number of rotatable bonds is 0. The van der Waals surface area contributed by atoms with Gasteiger partial charge in [0.25, 0.3) is 0 Å². The molecule has 4 radical (unpaired) electrons. The van der Waals surface area contributed by atoms with Crippen molar-refractivity contribution in [2.45, 2.75) is 6.18 Å². The third kappa shape index (κ3) is 3.09. The van der Waals surface area contributed by atoms with Gasteiger partial charge in [0.05, 0.1) is 0 Å². The smallest absolute Gasteiger partial charge is 0.252 e. The fourth-order valence-electron chi connectivity index (χ4n) is 0.530. The van der Waals surface area contributed by atoms with Gasteiger partial charge in [-0.1, -0.05) is 6.07 Å². The molecule has 0 aromatic carbocycles. The van der Waals surface area contributed by atoms with Crippen molar-refractivity contribution in [2.75, 3.05) is 0 Å². The standard InChI is InChI=1S/C6H4F3N.Sn/c7-6(8,9)5-3-1-2-4-10-5;/h1-4H;. The van der Waals surface area contributed by atoms with Crippen LogP contribution in [0, 0.1) is 0 Å². The Morgan fingerprint density at radius 2 is 1.82 bits per heavy atom. The first-order valence-electron chi connectivity index (χ1n) is 2.59. The molecule has 0 spiro atoms. The molecule has 0 atom stereocenters. The number of hydrogen-bond acceptors (Lipinski definition) is 1. The summed E-state index contributed by atoms with van der Waals surface area (Å²) in [5.74, 6) is 0. The summed E-state index contributed by atoms with van der Waals surface area (Å²) in [5.41, 5.74) is -0.852. The van der Waals surface area contributed by atoms with E-state index in [1.54, 1.807) is 0 Å². The van der Waals surface area contributed by atoms with Gasteiger partial charge in [-0.3, -0.25) is 4.98 Å². The Morgan fingerprint density at radius 3 is 2.09 bits per heavy atom. The average molecular weight is 266 g/mol. The molecule has 0 bridgehead atoms. The van der Waals surface area contributed by atoms with Gasteiger partial charge in [-0.25, -0.2) is 0 Å². The van der Waals surface area contributed by atoms with Gasteiger partial charge in [0.15, 0.2) is 0 Å². The Bertz CT molecular complexity index is 209. The summed E-state index contributed by atoms with van der Waals surface area (Å²) in [7, 11) is 0. The maximum atomic E-state index is 11.7. The predicted molar refractivity (Wildman–Crippen MR) is 35.0 cm³/mol. The Hall–Kier alpha value is -0.261. The van der Waals surface area contributed by atoms with E-state index in [2.05, 4.69) is 4.98 Å². The summed E-state index contributed by atoms with van der Waals surface area (Å²) >= 11 is 0. The normalized spacial score (nSPS) is 10.5. The molecule has 1 nitrogen and oxygen atoms in total. The molecule has 1 aromatic rings. The van der Waals surface area contributed by atoms with Crippen LogP contribution in [-0.2, 0) is 6.18 Å². The van der Waals surface area contributed by atoms with Crippen molar-refractivity contribution < 1.29 is 13.2 Å². The molecule has 0 unspecified atom stereocenters. The predicted octanol–water partition coefficient (Wildman–Crippen LogP) is 1.72. The fraction of sp³-hybridized carbons (Fsp3) is 0.167. The van der Waals surface area contributed by atoms with Crippen LogP contribution in [0.25, 0.3) is 0 Å². The minimum atomic E-state index is -4.32. The van der Waals surface area contributed by atoms with Crippen molar-refractivity contribution in [2.24, 2.45) is 0 Å². The molecule has 0 fully saturated rings. The molecule has 1 rings (SSSR count). The van der Waals surface area contributed by atoms with Gasteiger partial charge in [0.2, 0.25) is 0 Å². The molecule has 0 saturated carbocycles. The number of alkyl halides is 3. The summed E-state index contributed by atoms with van der Waals surface area (Å²) < 4.78 is 35.2. The van der Waals surface area contributed by atoms with Crippen LogP contribution in [0.3, 0.4) is 0 Å². The minimum absolute atomic E-state index is 0. The van der Waals surface area contributed by atoms with Crippen molar-refractivity contribution in [3.05, 3.63) is 30.1 Å². The van der Waals surface area contributed by atoms with E-state index in [4.69, 9.17) is 0 Å². The molecule has 11 heavy (non-hydrogen) atoms. The Kier molecular flexibility index (Phi) is 3.85. The van der Waals surface area contributed by atoms with Crippen molar-refractivity contribution in [1.29, 1.82) is 0 Å². The summed E-state index contributed by atoms with van der Waals surface area (Å²) in [6, 6.07) is 3.67. The van der Waals surface area contributed by atoms with E-state index >= 15 is 0 Å². The van der Waals surface area contributed by atoms with Gasteiger partial charge >= 0.3 is 6.18 Å². The number of aromatic nitrogens is 1. The number of hydrogen-bond donors (Lipinski definition) is 0. The first-order valence-corrected chi connectivity index (χ1v) is 2.59. The molecule has 0 saturated heterocycles. The monoisotopic (exact) mass is 267 g/mol. The molecule has 0 aliphatic heterocycles. The van der Waals surface area contributed by atoms with Crippen molar-refractivity contribution in [1.82, 2.24) is 4.98 Å². The van der Waals surface area contributed by atoms with Gasteiger partial charge in [0, 0.05) is 30.1 Å². The SMILES string of the molecule is FC(F)(F)c1ccccn1.[Sn]. The van der Waals surface area contributed by atoms with E-state index in [0.29, 0.717) is 0 Å². The summed E-state index contributed by atoms with van der Waals surface area (Å²) in [6.07, 6.45) is -3.20. The zero-order valence-electron chi connectivity index (χ0n) is 5.39. The van der Waals surface area contributed by atoms with Crippen molar-refractivity contribution >= 4 is 23.9 Å². The van der Waals surface area contributed by atoms with E-state index in [9.17, 15) is 13.2 Å². The van der Waals surface area contributed by atoms with E-state index < -0.39 is 11.9 Å². The van der Waals surface area contributed by atoms with Crippen molar-refractivity contribution in [3.63, 3.8) is 0 Å². The summed E-state index contributed by atoms with van der Waals surface area (Å²) in [4.78, 5) is 3.12. The largest absolute Gasteiger partial charge is 0.433 e. The summed E-state index contributed by atoms with van der Waals surface area (Å²) in [6.45, 7) is 0. The molecule has 1 heterocycles. The average Bonchev–Trinajstić information content (AvgIpc) is 1.88. The second kappa shape index (κ2) is 3.94. The van der Waals surface area contributed by atoms with Crippen LogP contribution >= 0.6 is 0 Å². The van der Waals surface area contributed by atoms with Gasteiger partial charge in [-0.05, 0) is 12.1 Å². The Labute approximate surface area is 78.6 Å². The van der Waals surface area contributed by atoms with Crippen LogP contribution in [0.2, 0.25) is 0 Å². The third-order valence-corrected chi connectivity index (χ3v) is 0.955. The van der Waals surface area contributed by atoms with Gasteiger partial charge < -0.3 is 0 Å². The first-order chi connectivity index (χ1) is 4.61. The number of nitrogens with zero attached hydrogens (tertiary/aromatic N) is 1. The Balaban J connectivity index is 0.000001000. The van der Waals surface area contributed by atoms with E-state index in [1.807, 2.05) is 0 Å². The maximum absolute atomic E-state index is 11.7. The molecular formula is C6H4F3NSn. The molecule has 0 aliphatic carbocycles. The van der Waals surface area contributed by atoms with Crippen LogP contribution in [0.4, 0.5) is 13.2 Å². The Morgan fingerprint density at radius 1 is 1.18 bits per heavy atom. The molecule has 0 amide bonds. The zero-order valence-corrected chi connectivity index (χ0v) is 8.24. The summed E-state index contributed by atoms with van der Waals surface area (Å²) in [5, 5.41) is 0. The fourth-order valence-corrected chi connectivity index (χ4v) is 0.530.